The normalized spacial score (nSPS) is 15.3. The van der Waals surface area contributed by atoms with E-state index in [9.17, 15) is 4.79 Å². The Kier molecular flexibility index (Phi) is 4.25. The Morgan fingerprint density at radius 1 is 1.19 bits per heavy atom. The van der Waals surface area contributed by atoms with Crippen LogP contribution in [-0.2, 0) is 6.42 Å². The van der Waals surface area contributed by atoms with Gasteiger partial charge in [-0.3, -0.25) is 4.79 Å². The Morgan fingerprint density at radius 2 is 2.00 bits per heavy atom. The minimum absolute atomic E-state index is 0.0351. The molecule has 1 unspecified atom stereocenters. The topological polar surface area (TPSA) is 29.1 Å². The Balaban J connectivity index is 2.02. The molecule has 0 aliphatic carbocycles. The maximum atomic E-state index is 11.9. The second-order valence-electron chi connectivity index (χ2n) is 4.95. The molecule has 1 aliphatic heterocycles. The highest BCUT2D eigenvalue weighted by molar-refractivity contribution is 9.10. The van der Waals surface area contributed by atoms with E-state index < -0.39 is 0 Å². The molecule has 0 fully saturated rings. The fraction of sp³-hybridized carbons (Fsp3) is 0.188. The minimum atomic E-state index is -0.363. The number of halogens is 3. The molecule has 1 N–H and O–H groups in total. The Bertz CT molecular complexity index is 717. The maximum Gasteiger partial charge on any atom is 0.251 e. The summed E-state index contributed by atoms with van der Waals surface area (Å²) in [6, 6.07) is 11.3. The molecule has 108 valence electrons. The van der Waals surface area contributed by atoms with Crippen molar-refractivity contribution in [1.29, 1.82) is 0 Å². The number of benzene rings is 2. The molecular weight excluding hydrogens is 373 g/mol. The smallest absolute Gasteiger partial charge is 0.251 e. The zero-order chi connectivity index (χ0) is 15.0. The van der Waals surface area contributed by atoms with Crippen LogP contribution in [0.15, 0.2) is 40.9 Å². The molecule has 0 saturated heterocycles. The van der Waals surface area contributed by atoms with Crippen LogP contribution in [0.4, 0.5) is 0 Å². The van der Waals surface area contributed by atoms with Gasteiger partial charge in [0, 0.05) is 21.6 Å². The number of carbonyl (C=O) groups is 1. The lowest BCUT2D eigenvalue weighted by atomic mass is 9.95. The number of hydrogen-bond acceptors (Lipinski definition) is 1. The van der Waals surface area contributed by atoms with Crippen LogP contribution in [0.2, 0.25) is 5.02 Å². The summed E-state index contributed by atoms with van der Waals surface area (Å²) >= 11 is 16.1. The zero-order valence-corrected chi connectivity index (χ0v) is 14.1. The van der Waals surface area contributed by atoms with Gasteiger partial charge in [-0.1, -0.05) is 39.7 Å². The van der Waals surface area contributed by atoms with E-state index in [-0.39, 0.29) is 11.3 Å². The molecule has 2 nitrogen and oxygen atoms in total. The quantitative estimate of drug-likeness (QED) is 0.746. The number of amides is 1. The highest BCUT2D eigenvalue weighted by atomic mass is 79.9. The minimum Gasteiger partial charge on any atom is -0.352 e. The number of fused-ring (bicyclic) bond motifs is 1. The first-order valence-electron chi connectivity index (χ1n) is 6.56. The number of carbonyl (C=O) groups excluding carboxylic acids is 1. The summed E-state index contributed by atoms with van der Waals surface area (Å²) in [7, 11) is 0. The standard InChI is InChI=1S/C16H12BrCl2NO/c17-14-4-3-11(18)8-13(14)15(19)10-2-1-9-5-6-20-16(21)12(9)7-10/h1-4,7-8,15H,5-6H2,(H,20,21). The van der Waals surface area contributed by atoms with Crippen LogP contribution in [0.3, 0.4) is 0 Å². The Morgan fingerprint density at radius 3 is 2.81 bits per heavy atom. The summed E-state index contributed by atoms with van der Waals surface area (Å²) in [5.41, 5.74) is 3.55. The zero-order valence-electron chi connectivity index (χ0n) is 11.0. The number of hydrogen-bond donors (Lipinski definition) is 1. The van der Waals surface area contributed by atoms with Crippen molar-refractivity contribution in [3.05, 3.63) is 68.1 Å². The van der Waals surface area contributed by atoms with Crippen LogP contribution in [0.25, 0.3) is 0 Å². The highest BCUT2D eigenvalue weighted by Crippen LogP contribution is 2.36. The monoisotopic (exact) mass is 383 g/mol. The van der Waals surface area contributed by atoms with Crippen molar-refractivity contribution in [1.82, 2.24) is 5.32 Å². The van der Waals surface area contributed by atoms with Gasteiger partial charge in [-0.25, -0.2) is 0 Å². The van der Waals surface area contributed by atoms with Crippen LogP contribution < -0.4 is 5.32 Å². The van der Waals surface area contributed by atoms with Crippen LogP contribution in [0.5, 0.6) is 0 Å². The number of alkyl halides is 1. The van der Waals surface area contributed by atoms with Crippen molar-refractivity contribution >= 4 is 45.0 Å². The van der Waals surface area contributed by atoms with Crippen molar-refractivity contribution in [2.45, 2.75) is 11.8 Å². The van der Waals surface area contributed by atoms with E-state index >= 15 is 0 Å². The van der Waals surface area contributed by atoms with Crippen LogP contribution in [0, 0.1) is 0 Å². The molecule has 0 bridgehead atoms. The lowest BCUT2D eigenvalue weighted by Gasteiger charge is -2.19. The van der Waals surface area contributed by atoms with E-state index in [4.69, 9.17) is 23.2 Å². The van der Waals surface area contributed by atoms with Gasteiger partial charge in [-0.15, -0.1) is 11.6 Å². The molecule has 1 heterocycles. The molecule has 0 spiro atoms. The van der Waals surface area contributed by atoms with Gasteiger partial charge in [-0.05, 0) is 47.4 Å². The van der Waals surface area contributed by atoms with Crippen LogP contribution in [-0.4, -0.2) is 12.5 Å². The van der Waals surface area contributed by atoms with Gasteiger partial charge in [0.2, 0.25) is 0 Å². The third-order valence-electron chi connectivity index (χ3n) is 3.58. The predicted molar refractivity (Wildman–Crippen MR) is 89.3 cm³/mol. The molecule has 1 aliphatic rings. The molecular formula is C16H12BrCl2NO. The molecule has 2 aromatic carbocycles. The van der Waals surface area contributed by atoms with Crippen molar-refractivity contribution in [2.24, 2.45) is 0 Å². The van der Waals surface area contributed by atoms with Crippen LogP contribution in [0.1, 0.15) is 32.4 Å². The molecule has 3 rings (SSSR count). The summed E-state index contributed by atoms with van der Waals surface area (Å²) in [6.07, 6.45) is 0.856. The summed E-state index contributed by atoms with van der Waals surface area (Å²) in [5.74, 6) is -0.0351. The lowest BCUT2D eigenvalue weighted by molar-refractivity contribution is 0.0946. The SMILES string of the molecule is O=C1NCCc2ccc(C(Cl)c3cc(Cl)ccc3Br)cc21. The van der Waals surface area contributed by atoms with Crippen molar-refractivity contribution < 1.29 is 4.79 Å². The van der Waals surface area contributed by atoms with Crippen molar-refractivity contribution in [2.75, 3.05) is 6.54 Å². The molecule has 5 heteroatoms. The fourth-order valence-electron chi connectivity index (χ4n) is 2.48. The van der Waals surface area contributed by atoms with Gasteiger partial charge in [-0.2, -0.15) is 0 Å². The van der Waals surface area contributed by atoms with E-state index in [1.165, 1.54) is 0 Å². The summed E-state index contributed by atoms with van der Waals surface area (Å²) < 4.78 is 0.897. The maximum absolute atomic E-state index is 11.9. The molecule has 0 radical (unpaired) electrons. The summed E-state index contributed by atoms with van der Waals surface area (Å²) in [6.45, 7) is 0.690. The van der Waals surface area contributed by atoms with Crippen LogP contribution >= 0.6 is 39.1 Å². The third-order valence-corrected chi connectivity index (χ3v) is 5.03. The van der Waals surface area contributed by atoms with Gasteiger partial charge in [0.1, 0.15) is 0 Å². The average Bonchev–Trinajstić information content (AvgIpc) is 2.49. The molecule has 1 atom stereocenters. The highest BCUT2D eigenvalue weighted by Gasteiger charge is 2.20. The first-order chi connectivity index (χ1) is 10.1. The molecule has 1 amide bonds. The molecule has 21 heavy (non-hydrogen) atoms. The molecule has 0 aromatic heterocycles. The van der Waals surface area contributed by atoms with Gasteiger partial charge in [0.15, 0.2) is 0 Å². The predicted octanol–water partition coefficient (Wildman–Crippen LogP) is 4.72. The molecule has 0 saturated carbocycles. The third kappa shape index (κ3) is 2.96. The largest absolute Gasteiger partial charge is 0.352 e. The second kappa shape index (κ2) is 5.99. The Hall–Kier alpha value is -1.03. The van der Waals surface area contributed by atoms with E-state index in [2.05, 4.69) is 21.2 Å². The first kappa shape index (κ1) is 14.9. The van der Waals surface area contributed by atoms with Crippen molar-refractivity contribution in [3.63, 3.8) is 0 Å². The van der Waals surface area contributed by atoms with E-state index in [1.807, 2.05) is 30.3 Å². The van der Waals surface area contributed by atoms with Gasteiger partial charge in [0.25, 0.3) is 5.91 Å². The Labute approximate surface area is 141 Å². The first-order valence-corrected chi connectivity index (χ1v) is 8.17. The fourth-order valence-corrected chi connectivity index (χ4v) is 3.58. The van der Waals surface area contributed by atoms with Gasteiger partial charge < -0.3 is 5.32 Å². The number of nitrogens with one attached hydrogen (secondary N) is 1. The molecule has 2 aromatic rings. The lowest BCUT2D eigenvalue weighted by Crippen LogP contribution is -2.31. The second-order valence-corrected chi connectivity index (χ2v) is 6.68. The number of rotatable bonds is 2. The van der Waals surface area contributed by atoms with E-state index in [0.29, 0.717) is 17.1 Å². The van der Waals surface area contributed by atoms with Gasteiger partial charge in [0.05, 0.1) is 5.38 Å². The summed E-state index contributed by atoms with van der Waals surface area (Å²) in [5, 5.41) is 3.12. The van der Waals surface area contributed by atoms with E-state index in [1.54, 1.807) is 6.07 Å². The van der Waals surface area contributed by atoms with E-state index in [0.717, 1.165) is 27.6 Å². The summed E-state index contributed by atoms with van der Waals surface area (Å²) in [4.78, 5) is 11.9. The van der Waals surface area contributed by atoms with Crippen molar-refractivity contribution in [3.8, 4) is 0 Å². The average molecular weight is 385 g/mol. The van der Waals surface area contributed by atoms with Gasteiger partial charge >= 0.3 is 0 Å².